The standard InChI is InChI=1S/C71H137NO8/c1-6-8-10-12-14-16-18-20-22-23-24-25-26-27-28-29-30-31-32-33-34-35-36-37-38-39-40-41-42-43-44-45-46-48-49-51-53-55-57-59-61-68(73)78-65-67(66-79-71(70(75)76)77-64-63-72(3,4)5)80-69(74)62-60-58-56-54-52-50-47-21-19-17-15-13-11-9-7-2/h21,47,67,71H,6-20,22-46,48-66H2,1-5H3/p+1/b47-21-. The molecule has 0 aliphatic heterocycles. The molecule has 0 aliphatic carbocycles. The minimum atomic E-state index is -1.51. The summed E-state index contributed by atoms with van der Waals surface area (Å²) in [6.45, 7) is 4.92. The van der Waals surface area contributed by atoms with Crippen molar-refractivity contribution in [2.75, 3.05) is 47.5 Å². The molecule has 80 heavy (non-hydrogen) atoms. The van der Waals surface area contributed by atoms with Gasteiger partial charge in [-0.1, -0.05) is 328 Å². The summed E-state index contributed by atoms with van der Waals surface area (Å²) >= 11 is 0. The minimum absolute atomic E-state index is 0.179. The van der Waals surface area contributed by atoms with Gasteiger partial charge in [0.2, 0.25) is 0 Å². The second-order valence-corrected chi connectivity index (χ2v) is 25.6. The van der Waals surface area contributed by atoms with E-state index in [4.69, 9.17) is 18.9 Å². The fourth-order valence-electron chi connectivity index (χ4n) is 10.8. The quantitative estimate of drug-likeness (QED) is 0.0211. The molecule has 0 saturated heterocycles. The van der Waals surface area contributed by atoms with Crippen LogP contribution in [-0.4, -0.2) is 87.4 Å². The van der Waals surface area contributed by atoms with Gasteiger partial charge < -0.3 is 28.5 Å². The highest BCUT2D eigenvalue weighted by Crippen LogP contribution is 2.19. The summed E-state index contributed by atoms with van der Waals surface area (Å²) in [5.41, 5.74) is 0. The van der Waals surface area contributed by atoms with Crippen LogP contribution in [0.15, 0.2) is 12.2 Å². The van der Waals surface area contributed by atoms with E-state index in [9.17, 15) is 19.5 Å². The third-order valence-electron chi connectivity index (χ3n) is 16.3. The number of carboxylic acids is 1. The first kappa shape index (κ1) is 78.0. The number of esters is 2. The molecule has 474 valence electrons. The van der Waals surface area contributed by atoms with Gasteiger partial charge in [-0.05, 0) is 38.5 Å². The van der Waals surface area contributed by atoms with E-state index in [-0.39, 0.29) is 32.2 Å². The van der Waals surface area contributed by atoms with Crippen LogP contribution in [0, 0.1) is 0 Å². The molecular formula is C71H138NO8+. The first-order chi connectivity index (χ1) is 39.1. The molecule has 9 heteroatoms. The zero-order valence-corrected chi connectivity index (χ0v) is 54.3. The number of hydrogen-bond donors (Lipinski definition) is 1. The molecule has 0 saturated carbocycles. The molecule has 0 spiro atoms. The van der Waals surface area contributed by atoms with Gasteiger partial charge in [0, 0.05) is 12.8 Å². The molecule has 0 amide bonds. The van der Waals surface area contributed by atoms with Gasteiger partial charge in [-0.3, -0.25) is 9.59 Å². The van der Waals surface area contributed by atoms with Crippen molar-refractivity contribution >= 4 is 17.9 Å². The number of rotatable bonds is 67. The van der Waals surface area contributed by atoms with E-state index in [1.807, 2.05) is 21.1 Å². The lowest BCUT2D eigenvalue weighted by Crippen LogP contribution is -2.40. The smallest absolute Gasteiger partial charge is 0.361 e. The summed E-state index contributed by atoms with van der Waals surface area (Å²) in [5, 5.41) is 9.71. The number of aliphatic carboxylic acids is 1. The number of carbonyl (C=O) groups is 3. The number of carbonyl (C=O) groups excluding carboxylic acids is 2. The maximum absolute atomic E-state index is 12.9. The largest absolute Gasteiger partial charge is 0.477 e. The maximum atomic E-state index is 12.9. The lowest BCUT2D eigenvalue weighted by molar-refractivity contribution is -0.870. The summed E-state index contributed by atoms with van der Waals surface area (Å²) < 4.78 is 22.9. The van der Waals surface area contributed by atoms with Crippen LogP contribution in [0.3, 0.4) is 0 Å². The number of allylic oxidation sites excluding steroid dienone is 2. The zero-order chi connectivity index (χ0) is 58.3. The van der Waals surface area contributed by atoms with Crippen molar-refractivity contribution in [2.24, 2.45) is 0 Å². The summed E-state index contributed by atoms with van der Waals surface area (Å²) in [7, 11) is 5.98. The van der Waals surface area contributed by atoms with Crippen LogP contribution in [0.25, 0.3) is 0 Å². The van der Waals surface area contributed by atoms with Crippen LogP contribution in [0.4, 0.5) is 0 Å². The Morgan fingerprint density at radius 3 is 0.925 bits per heavy atom. The Bertz CT molecular complexity index is 1320. The van der Waals surface area contributed by atoms with E-state index >= 15 is 0 Å². The van der Waals surface area contributed by atoms with Gasteiger partial charge in [0.1, 0.15) is 13.2 Å². The summed E-state index contributed by atoms with van der Waals surface area (Å²) in [4.78, 5) is 37.5. The molecule has 2 atom stereocenters. The Balaban J connectivity index is 3.86. The number of quaternary nitrogens is 1. The van der Waals surface area contributed by atoms with Crippen LogP contribution < -0.4 is 0 Å². The molecule has 0 aromatic heterocycles. The van der Waals surface area contributed by atoms with Crippen molar-refractivity contribution < 1.29 is 42.9 Å². The average Bonchev–Trinajstić information content (AvgIpc) is 3.43. The lowest BCUT2D eigenvalue weighted by atomic mass is 10.0. The SMILES string of the molecule is CCCCCCCC/C=C\CCCCCCCC(=O)OC(COC(=O)CCCCCCCCCCCCCCCCCCCCCCCCCCCCCCCCCCCCCCCCCC)COC(OCC[N+](C)(C)C)C(=O)O. The number of hydrogen-bond acceptors (Lipinski definition) is 7. The Morgan fingerprint density at radius 2 is 0.637 bits per heavy atom. The van der Waals surface area contributed by atoms with Crippen molar-refractivity contribution in [1.29, 1.82) is 0 Å². The predicted octanol–water partition coefficient (Wildman–Crippen LogP) is 21.6. The number of likely N-dealkylation sites (N-methyl/N-ethyl adjacent to an activating group) is 1. The highest BCUT2D eigenvalue weighted by molar-refractivity contribution is 5.71. The van der Waals surface area contributed by atoms with Crippen molar-refractivity contribution in [3.63, 3.8) is 0 Å². The maximum Gasteiger partial charge on any atom is 0.361 e. The van der Waals surface area contributed by atoms with E-state index in [0.29, 0.717) is 23.9 Å². The molecule has 0 radical (unpaired) electrons. The Kier molecular flexibility index (Phi) is 61.5. The first-order valence-electron chi connectivity index (χ1n) is 35.4. The van der Waals surface area contributed by atoms with Crippen molar-refractivity contribution in [1.82, 2.24) is 0 Å². The molecule has 0 aromatic rings. The first-order valence-corrected chi connectivity index (χ1v) is 35.4. The van der Waals surface area contributed by atoms with Crippen molar-refractivity contribution in [3.8, 4) is 0 Å². The Labute approximate surface area is 497 Å². The van der Waals surface area contributed by atoms with Gasteiger partial charge in [0.15, 0.2) is 6.10 Å². The van der Waals surface area contributed by atoms with Crippen LogP contribution in [0.2, 0.25) is 0 Å². The van der Waals surface area contributed by atoms with Gasteiger partial charge in [-0.2, -0.15) is 0 Å². The predicted molar refractivity (Wildman–Crippen MR) is 341 cm³/mol. The van der Waals surface area contributed by atoms with E-state index in [2.05, 4.69) is 26.0 Å². The fraction of sp³-hybridized carbons (Fsp3) is 0.930. The summed E-state index contributed by atoms with van der Waals surface area (Å²) in [6.07, 6.45) is 73.7. The summed E-state index contributed by atoms with van der Waals surface area (Å²) in [6, 6.07) is 0. The van der Waals surface area contributed by atoms with Crippen LogP contribution in [0.5, 0.6) is 0 Å². The zero-order valence-electron chi connectivity index (χ0n) is 54.3. The third kappa shape index (κ3) is 63.6. The van der Waals surface area contributed by atoms with Crippen LogP contribution in [-0.2, 0) is 33.3 Å². The van der Waals surface area contributed by atoms with Gasteiger partial charge in [-0.15, -0.1) is 0 Å². The minimum Gasteiger partial charge on any atom is -0.477 e. The highest BCUT2D eigenvalue weighted by atomic mass is 16.7. The molecule has 2 unspecified atom stereocenters. The van der Waals surface area contributed by atoms with Gasteiger partial charge in [0.05, 0.1) is 34.4 Å². The molecule has 0 bridgehead atoms. The molecule has 0 heterocycles. The molecule has 0 aliphatic rings. The molecule has 0 aromatic carbocycles. The normalized spacial score (nSPS) is 12.7. The number of nitrogens with zero attached hydrogens (tertiary/aromatic N) is 1. The molecule has 0 rings (SSSR count). The number of unbranched alkanes of at least 4 members (excludes halogenated alkanes) is 50. The number of ether oxygens (including phenoxy) is 4. The van der Waals surface area contributed by atoms with Gasteiger partial charge in [0.25, 0.3) is 6.29 Å². The van der Waals surface area contributed by atoms with Gasteiger partial charge >= 0.3 is 17.9 Å². The second-order valence-electron chi connectivity index (χ2n) is 25.6. The topological polar surface area (TPSA) is 108 Å². The Morgan fingerprint density at radius 1 is 0.362 bits per heavy atom. The Hall–Kier alpha value is -1.97. The van der Waals surface area contributed by atoms with Crippen LogP contribution in [0.1, 0.15) is 367 Å². The molecule has 0 fully saturated rings. The average molecular weight is 1130 g/mol. The molecule has 1 N–H and O–H groups in total. The van der Waals surface area contributed by atoms with Crippen LogP contribution >= 0.6 is 0 Å². The van der Waals surface area contributed by atoms with E-state index in [1.165, 1.54) is 283 Å². The van der Waals surface area contributed by atoms with Gasteiger partial charge in [-0.25, -0.2) is 4.79 Å². The van der Waals surface area contributed by atoms with E-state index in [0.717, 1.165) is 51.4 Å². The third-order valence-corrected chi connectivity index (χ3v) is 16.3. The molecular weight excluding hydrogens is 995 g/mol. The number of carboxylic acid groups (broad SMARTS) is 1. The summed E-state index contributed by atoms with van der Waals surface area (Å²) in [5.74, 6) is -1.99. The van der Waals surface area contributed by atoms with Crippen molar-refractivity contribution in [3.05, 3.63) is 12.2 Å². The van der Waals surface area contributed by atoms with E-state index in [1.54, 1.807) is 0 Å². The highest BCUT2D eigenvalue weighted by Gasteiger charge is 2.25. The fourth-order valence-corrected chi connectivity index (χ4v) is 10.8. The molecule has 9 nitrogen and oxygen atoms in total. The van der Waals surface area contributed by atoms with Crippen molar-refractivity contribution in [2.45, 2.75) is 379 Å². The second kappa shape index (κ2) is 63.1. The lowest BCUT2D eigenvalue weighted by Gasteiger charge is -2.25. The van der Waals surface area contributed by atoms with E-state index < -0.39 is 24.3 Å². The monoisotopic (exact) mass is 1130 g/mol.